The van der Waals surface area contributed by atoms with Crippen molar-refractivity contribution in [3.8, 4) is 17.0 Å². The van der Waals surface area contributed by atoms with Gasteiger partial charge < -0.3 is 9.84 Å². The number of ether oxygens (including phenoxy) is 1. The van der Waals surface area contributed by atoms with Crippen molar-refractivity contribution in [3.63, 3.8) is 0 Å². The van der Waals surface area contributed by atoms with E-state index in [0.717, 1.165) is 12.1 Å². The molecular weight excluding hydrogens is 265 g/mol. The smallest absolute Gasteiger partial charge is 0.477 e. The van der Waals surface area contributed by atoms with E-state index >= 15 is 0 Å². The summed E-state index contributed by atoms with van der Waals surface area (Å²) >= 11 is 0. The van der Waals surface area contributed by atoms with E-state index in [2.05, 4.69) is 14.9 Å². The minimum absolute atomic E-state index is 0.106. The maximum atomic E-state index is 12.0. The molecule has 19 heavy (non-hydrogen) atoms. The first kappa shape index (κ1) is 12.9. The fourth-order valence-corrected chi connectivity index (χ4v) is 1.41. The van der Waals surface area contributed by atoms with Gasteiger partial charge in [0.05, 0.1) is 5.69 Å². The number of carbonyl (C=O) groups is 1. The van der Waals surface area contributed by atoms with Gasteiger partial charge in [-0.05, 0) is 30.3 Å². The maximum absolute atomic E-state index is 12.0. The second-order valence-corrected chi connectivity index (χ2v) is 3.54. The second kappa shape index (κ2) is 4.63. The first-order valence-electron chi connectivity index (χ1n) is 5.00. The van der Waals surface area contributed by atoms with Gasteiger partial charge in [0.1, 0.15) is 11.4 Å². The zero-order valence-electron chi connectivity index (χ0n) is 9.23. The Balaban J connectivity index is 2.20. The van der Waals surface area contributed by atoms with Gasteiger partial charge in [-0.3, -0.25) is 5.10 Å². The standard InChI is InChI=1S/C11H7F3N2O3/c12-11(13,14)19-7-3-1-6(2-4-7)8-5-9(10(17)18)16-15-8/h1-5H,(H,15,16)(H,17,18). The van der Waals surface area contributed by atoms with Crippen molar-refractivity contribution in [1.82, 2.24) is 10.2 Å². The molecule has 0 amide bonds. The van der Waals surface area contributed by atoms with Crippen LogP contribution in [0.4, 0.5) is 13.2 Å². The molecule has 1 aromatic heterocycles. The lowest BCUT2D eigenvalue weighted by Crippen LogP contribution is -2.16. The van der Waals surface area contributed by atoms with Crippen molar-refractivity contribution < 1.29 is 27.8 Å². The third-order valence-corrected chi connectivity index (χ3v) is 2.19. The SMILES string of the molecule is O=C(O)c1cc(-c2ccc(OC(F)(F)F)cc2)n[nH]1. The Kier molecular flexibility index (Phi) is 3.16. The minimum atomic E-state index is -4.75. The fourth-order valence-electron chi connectivity index (χ4n) is 1.41. The highest BCUT2D eigenvalue weighted by Gasteiger charge is 2.30. The van der Waals surface area contributed by atoms with E-state index < -0.39 is 12.3 Å². The van der Waals surface area contributed by atoms with Gasteiger partial charge in [0.25, 0.3) is 0 Å². The maximum Gasteiger partial charge on any atom is 0.573 e. The molecule has 0 bridgehead atoms. The predicted molar refractivity (Wildman–Crippen MR) is 57.7 cm³/mol. The number of nitrogens with zero attached hydrogens (tertiary/aromatic N) is 1. The number of aromatic nitrogens is 2. The van der Waals surface area contributed by atoms with Crippen LogP contribution in [0, 0.1) is 0 Å². The van der Waals surface area contributed by atoms with Gasteiger partial charge in [0, 0.05) is 5.56 Å². The lowest BCUT2D eigenvalue weighted by Gasteiger charge is -2.08. The number of carboxylic acid groups (broad SMARTS) is 1. The van der Waals surface area contributed by atoms with Crippen LogP contribution in [-0.2, 0) is 0 Å². The molecule has 100 valence electrons. The van der Waals surface area contributed by atoms with E-state index in [9.17, 15) is 18.0 Å². The van der Waals surface area contributed by atoms with Crippen LogP contribution in [-0.4, -0.2) is 27.6 Å². The van der Waals surface area contributed by atoms with Crippen LogP contribution >= 0.6 is 0 Å². The highest BCUT2D eigenvalue weighted by molar-refractivity contribution is 5.86. The molecule has 0 radical (unpaired) electrons. The number of carboxylic acids is 1. The molecule has 8 heteroatoms. The molecule has 0 aliphatic heterocycles. The van der Waals surface area contributed by atoms with Crippen molar-refractivity contribution in [2.45, 2.75) is 6.36 Å². The Labute approximate surface area is 104 Å². The zero-order chi connectivity index (χ0) is 14.0. The summed E-state index contributed by atoms with van der Waals surface area (Å²) in [7, 11) is 0. The first-order valence-corrected chi connectivity index (χ1v) is 5.00. The number of rotatable bonds is 3. The number of halogens is 3. The highest BCUT2D eigenvalue weighted by atomic mass is 19.4. The normalized spacial score (nSPS) is 11.3. The summed E-state index contributed by atoms with van der Waals surface area (Å²) < 4.78 is 39.6. The quantitative estimate of drug-likeness (QED) is 0.900. The Morgan fingerprint density at radius 1 is 1.26 bits per heavy atom. The van der Waals surface area contributed by atoms with Crippen LogP contribution in [0.3, 0.4) is 0 Å². The van der Waals surface area contributed by atoms with Crippen molar-refractivity contribution in [2.75, 3.05) is 0 Å². The van der Waals surface area contributed by atoms with E-state index in [4.69, 9.17) is 5.11 Å². The second-order valence-electron chi connectivity index (χ2n) is 3.54. The van der Waals surface area contributed by atoms with Crippen LogP contribution in [0.2, 0.25) is 0 Å². The van der Waals surface area contributed by atoms with Gasteiger partial charge in [-0.1, -0.05) is 0 Å². The van der Waals surface area contributed by atoms with Gasteiger partial charge >= 0.3 is 12.3 Å². The van der Waals surface area contributed by atoms with E-state index in [-0.39, 0.29) is 11.4 Å². The molecule has 1 heterocycles. The molecule has 0 saturated heterocycles. The van der Waals surface area contributed by atoms with Crippen molar-refractivity contribution >= 4 is 5.97 Å². The van der Waals surface area contributed by atoms with Crippen molar-refractivity contribution in [1.29, 1.82) is 0 Å². The average molecular weight is 272 g/mol. The average Bonchev–Trinajstić information content (AvgIpc) is 2.77. The number of aromatic amines is 1. The largest absolute Gasteiger partial charge is 0.573 e. The fraction of sp³-hybridized carbons (Fsp3) is 0.0909. The van der Waals surface area contributed by atoms with Crippen molar-refractivity contribution in [2.24, 2.45) is 0 Å². The molecule has 1 aromatic carbocycles. The number of aromatic carboxylic acids is 1. The van der Waals surface area contributed by atoms with Crippen molar-refractivity contribution in [3.05, 3.63) is 36.0 Å². The summed E-state index contributed by atoms with van der Waals surface area (Å²) in [4.78, 5) is 10.6. The molecule has 2 N–H and O–H groups in total. The van der Waals surface area contributed by atoms with E-state index in [1.165, 1.54) is 18.2 Å². The number of benzene rings is 1. The van der Waals surface area contributed by atoms with Gasteiger partial charge in [-0.2, -0.15) is 5.10 Å². The lowest BCUT2D eigenvalue weighted by atomic mass is 10.1. The molecule has 0 fully saturated rings. The Hall–Kier alpha value is -2.51. The van der Waals surface area contributed by atoms with E-state index in [1.807, 2.05) is 0 Å². The summed E-state index contributed by atoms with van der Waals surface area (Å²) in [5.41, 5.74) is 0.680. The van der Waals surface area contributed by atoms with E-state index in [1.54, 1.807) is 0 Å². The Morgan fingerprint density at radius 3 is 2.37 bits per heavy atom. The molecule has 0 unspecified atom stereocenters. The molecule has 0 aliphatic rings. The summed E-state index contributed by atoms with van der Waals surface area (Å²) in [5.74, 6) is -1.53. The predicted octanol–water partition coefficient (Wildman–Crippen LogP) is 2.67. The highest BCUT2D eigenvalue weighted by Crippen LogP contribution is 2.25. The topological polar surface area (TPSA) is 75.2 Å². The monoisotopic (exact) mass is 272 g/mol. The third-order valence-electron chi connectivity index (χ3n) is 2.19. The minimum Gasteiger partial charge on any atom is -0.477 e. The molecule has 5 nitrogen and oxygen atoms in total. The molecular formula is C11H7F3N2O3. The molecule has 0 spiro atoms. The van der Waals surface area contributed by atoms with Crippen LogP contribution in [0.5, 0.6) is 5.75 Å². The lowest BCUT2D eigenvalue weighted by molar-refractivity contribution is -0.274. The van der Waals surface area contributed by atoms with Crippen LogP contribution in [0.25, 0.3) is 11.3 Å². The molecule has 0 aliphatic carbocycles. The van der Waals surface area contributed by atoms with Gasteiger partial charge in [0.15, 0.2) is 0 Å². The van der Waals surface area contributed by atoms with Crippen LogP contribution in [0.1, 0.15) is 10.5 Å². The third kappa shape index (κ3) is 3.24. The number of hydrogen-bond acceptors (Lipinski definition) is 3. The van der Waals surface area contributed by atoms with Gasteiger partial charge in [-0.15, -0.1) is 13.2 Å². The Bertz CT molecular complexity index is 590. The summed E-state index contributed by atoms with van der Waals surface area (Å²) in [6.07, 6.45) is -4.75. The molecule has 2 aromatic rings. The van der Waals surface area contributed by atoms with E-state index in [0.29, 0.717) is 11.3 Å². The number of nitrogens with one attached hydrogen (secondary N) is 1. The van der Waals surface area contributed by atoms with Gasteiger partial charge in [0.2, 0.25) is 0 Å². The number of alkyl halides is 3. The molecule has 0 saturated carbocycles. The zero-order valence-corrected chi connectivity index (χ0v) is 9.23. The molecule has 0 atom stereocenters. The summed E-state index contributed by atoms with van der Waals surface area (Å²) in [6, 6.07) is 6.23. The number of hydrogen-bond donors (Lipinski definition) is 2. The number of H-pyrrole nitrogens is 1. The summed E-state index contributed by atoms with van der Waals surface area (Å²) in [6.45, 7) is 0. The van der Waals surface area contributed by atoms with Crippen LogP contribution in [0.15, 0.2) is 30.3 Å². The van der Waals surface area contributed by atoms with Gasteiger partial charge in [-0.25, -0.2) is 4.79 Å². The van der Waals surface area contributed by atoms with Crippen LogP contribution < -0.4 is 4.74 Å². The summed E-state index contributed by atoms with van der Waals surface area (Å²) in [5, 5.41) is 14.7. The first-order chi connectivity index (χ1) is 8.85. The Morgan fingerprint density at radius 2 is 1.89 bits per heavy atom. The molecule has 2 rings (SSSR count).